The molecule has 1 saturated carbocycles. The molecule has 3 heteroatoms. The van der Waals surface area contributed by atoms with Gasteiger partial charge in [0.05, 0.1) is 11.9 Å². The maximum atomic E-state index is 4.14. The molecule has 0 saturated heterocycles. The van der Waals surface area contributed by atoms with E-state index in [1.165, 1.54) is 25.7 Å². The molecule has 0 bridgehead atoms. The van der Waals surface area contributed by atoms with E-state index >= 15 is 0 Å². The Morgan fingerprint density at radius 2 is 2.33 bits per heavy atom. The number of hydrogen-bond donors (Lipinski definition) is 1. The lowest BCUT2D eigenvalue weighted by Crippen LogP contribution is -2.15. The van der Waals surface area contributed by atoms with Crippen LogP contribution in [0.25, 0.3) is 0 Å². The molecule has 0 amide bonds. The third kappa shape index (κ3) is 3.82. The highest BCUT2D eigenvalue weighted by atomic mass is 79.9. The quantitative estimate of drug-likeness (QED) is 0.878. The number of rotatable bonds is 5. The van der Waals surface area contributed by atoms with E-state index in [4.69, 9.17) is 0 Å². The van der Waals surface area contributed by atoms with Crippen LogP contribution in [0.1, 0.15) is 32.6 Å². The minimum Gasteiger partial charge on any atom is -0.381 e. The molecule has 0 aromatic carbocycles. The van der Waals surface area contributed by atoms with E-state index in [1.54, 1.807) is 6.20 Å². The van der Waals surface area contributed by atoms with Crippen molar-refractivity contribution >= 4 is 21.6 Å². The van der Waals surface area contributed by atoms with Gasteiger partial charge >= 0.3 is 0 Å². The summed E-state index contributed by atoms with van der Waals surface area (Å²) in [5.74, 6) is 1.02. The predicted molar refractivity (Wildman–Crippen MR) is 67.0 cm³/mol. The van der Waals surface area contributed by atoms with Crippen molar-refractivity contribution in [2.24, 2.45) is 5.92 Å². The topological polar surface area (TPSA) is 24.9 Å². The monoisotopic (exact) mass is 268 g/mol. The minimum atomic E-state index is 0.543. The molecular formula is C12H17BrN2. The van der Waals surface area contributed by atoms with Gasteiger partial charge in [-0.2, -0.15) is 0 Å². The molecule has 1 fully saturated rings. The number of aromatic nitrogens is 1. The Hall–Kier alpha value is -0.570. The van der Waals surface area contributed by atoms with Crippen molar-refractivity contribution in [3.8, 4) is 0 Å². The average Bonchev–Trinajstić information content (AvgIpc) is 2.98. The summed E-state index contributed by atoms with van der Waals surface area (Å²) in [6.07, 6.45) is 9.21. The highest BCUT2D eigenvalue weighted by Gasteiger charge is 2.21. The zero-order valence-corrected chi connectivity index (χ0v) is 10.6. The van der Waals surface area contributed by atoms with E-state index in [-0.39, 0.29) is 0 Å². The second kappa shape index (κ2) is 4.97. The summed E-state index contributed by atoms with van der Waals surface area (Å²) in [6.45, 7) is 2.24. The van der Waals surface area contributed by atoms with Gasteiger partial charge in [-0.15, -0.1) is 0 Å². The fourth-order valence-corrected chi connectivity index (χ4v) is 2.10. The van der Waals surface area contributed by atoms with Gasteiger partial charge in [0, 0.05) is 16.7 Å². The predicted octanol–water partition coefficient (Wildman–Crippen LogP) is 3.83. The summed E-state index contributed by atoms with van der Waals surface area (Å²) in [5.41, 5.74) is 1.10. The van der Waals surface area contributed by atoms with Crippen LogP contribution >= 0.6 is 15.9 Å². The number of nitrogens with one attached hydrogen (secondary N) is 1. The Balaban J connectivity index is 1.79. The van der Waals surface area contributed by atoms with Crippen molar-refractivity contribution in [3.05, 3.63) is 22.9 Å². The Labute approximate surface area is 99.6 Å². The fraction of sp³-hybridized carbons (Fsp3) is 0.583. The van der Waals surface area contributed by atoms with Crippen LogP contribution in [0.4, 0.5) is 5.69 Å². The third-order valence-corrected chi connectivity index (χ3v) is 3.26. The number of hydrogen-bond acceptors (Lipinski definition) is 2. The first-order valence-electron chi connectivity index (χ1n) is 5.61. The molecule has 1 atom stereocenters. The largest absolute Gasteiger partial charge is 0.381 e. The van der Waals surface area contributed by atoms with Gasteiger partial charge in [0.25, 0.3) is 0 Å². The number of anilines is 1. The van der Waals surface area contributed by atoms with E-state index in [0.29, 0.717) is 6.04 Å². The minimum absolute atomic E-state index is 0.543. The van der Waals surface area contributed by atoms with Gasteiger partial charge in [-0.3, -0.25) is 4.98 Å². The standard InChI is InChI=1S/C12H17BrN2/c1-9(2-3-10-4-5-10)15-12-6-11(13)7-14-8-12/h6-10,15H,2-5H2,1H3. The Morgan fingerprint density at radius 3 is 3.00 bits per heavy atom. The molecule has 1 aromatic rings. The summed E-state index contributed by atoms with van der Waals surface area (Å²) in [6, 6.07) is 2.61. The first-order chi connectivity index (χ1) is 7.24. The van der Waals surface area contributed by atoms with Gasteiger partial charge in [-0.05, 0) is 47.7 Å². The summed E-state index contributed by atoms with van der Waals surface area (Å²) in [4.78, 5) is 4.14. The molecule has 1 aliphatic rings. The second-order valence-electron chi connectivity index (χ2n) is 4.46. The Bertz CT molecular complexity index is 323. The molecule has 0 radical (unpaired) electrons. The van der Waals surface area contributed by atoms with Crippen LogP contribution in [0.5, 0.6) is 0 Å². The summed E-state index contributed by atoms with van der Waals surface area (Å²) >= 11 is 3.42. The third-order valence-electron chi connectivity index (χ3n) is 2.82. The molecule has 1 N–H and O–H groups in total. The zero-order chi connectivity index (χ0) is 10.7. The average molecular weight is 269 g/mol. The molecule has 1 unspecified atom stereocenters. The number of pyridine rings is 1. The van der Waals surface area contributed by atoms with Gasteiger partial charge in [0.2, 0.25) is 0 Å². The summed E-state index contributed by atoms with van der Waals surface area (Å²) in [5, 5.41) is 3.47. The fourth-order valence-electron chi connectivity index (χ4n) is 1.74. The van der Waals surface area contributed by atoms with Crippen molar-refractivity contribution in [1.82, 2.24) is 4.98 Å². The Morgan fingerprint density at radius 1 is 1.53 bits per heavy atom. The molecule has 0 spiro atoms. The Kier molecular flexibility index (Phi) is 3.62. The number of nitrogens with zero attached hydrogens (tertiary/aromatic N) is 1. The highest BCUT2D eigenvalue weighted by molar-refractivity contribution is 9.10. The van der Waals surface area contributed by atoms with Gasteiger partial charge in [-0.25, -0.2) is 0 Å². The number of halogens is 1. The molecule has 1 aliphatic carbocycles. The molecule has 2 nitrogen and oxygen atoms in total. The molecule has 1 heterocycles. The maximum Gasteiger partial charge on any atom is 0.0540 e. The van der Waals surface area contributed by atoms with Crippen molar-refractivity contribution in [2.45, 2.75) is 38.6 Å². The van der Waals surface area contributed by atoms with Crippen LogP contribution < -0.4 is 5.32 Å². The highest BCUT2D eigenvalue weighted by Crippen LogP contribution is 2.34. The van der Waals surface area contributed by atoms with Crippen molar-refractivity contribution < 1.29 is 0 Å². The van der Waals surface area contributed by atoms with Gasteiger partial charge in [0.1, 0.15) is 0 Å². The maximum absolute atomic E-state index is 4.14. The first-order valence-corrected chi connectivity index (χ1v) is 6.40. The van der Waals surface area contributed by atoms with Crippen LogP contribution in [0.15, 0.2) is 22.9 Å². The van der Waals surface area contributed by atoms with Crippen LogP contribution in [0.2, 0.25) is 0 Å². The molecule has 15 heavy (non-hydrogen) atoms. The van der Waals surface area contributed by atoms with E-state index in [1.807, 2.05) is 6.20 Å². The molecule has 2 rings (SSSR count). The van der Waals surface area contributed by atoms with Gasteiger partial charge in [0.15, 0.2) is 0 Å². The van der Waals surface area contributed by atoms with E-state index in [2.05, 4.69) is 39.2 Å². The van der Waals surface area contributed by atoms with Crippen LogP contribution in [-0.4, -0.2) is 11.0 Å². The van der Waals surface area contributed by atoms with E-state index in [9.17, 15) is 0 Å². The molecule has 0 aliphatic heterocycles. The lowest BCUT2D eigenvalue weighted by molar-refractivity contribution is 0.610. The van der Waals surface area contributed by atoms with Crippen molar-refractivity contribution in [2.75, 3.05) is 5.32 Å². The van der Waals surface area contributed by atoms with Crippen molar-refractivity contribution in [3.63, 3.8) is 0 Å². The lowest BCUT2D eigenvalue weighted by Gasteiger charge is -2.14. The molecular weight excluding hydrogens is 252 g/mol. The van der Waals surface area contributed by atoms with Crippen LogP contribution in [0, 0.1) is 5.92 Å². The van der Waals surface area contributed by atoms with Crippen molar-refractivity contribution in [1.29, 1.82) is 0 Å². The molecule has 82 valence electrons. The van der Waals surface area contributed by atoms with Gasteiger partial charge in [-0.1, -0.05) is 12.8 Å². The first kappa shape index (κ1) is 10.9. The van der Waals surface area contributed by atoms with E-state index < -0.39 is 0 Å². The SMILES string of the molecule is CC(CCC1CC1)Nc1cncc(Br)c1. The summed E-state index contributed by atoms with van der Waals surface area (Å²) in [7, 11) is 0. The normalized spacial score (nSPS) is 17.5. The summed E-state index contributed by atoms with van der Waals surface area (Å²) < 4.78 is 1.03. The van der Waals surface area contributed by atoms with Crippen LogP contribution in [0.3, 0.4) is 0 Å². The lowest BCUT2D eigenvalue weighted by atomic mass is 10.1. The molecule has 1 aromatic heterocycles. The van der Waals surface area contributed by atoms with Gasteiger partial charge < -0.3 is 5.32 Å². The van der Waals surface area contributed by atoms with Crippen LogP contribution in [-0.2, 0) is 0 Å². The zero-order valence-electron chi connectivity index (χ0n) is 9.04. The van der Waals surface area contributed by atoms with E-state index in [0.717, 1.165) is 16.1 Å². The second-order valence-corrected chi connectivity index (χ2v) is 5.37. The smallest absolute Gasteiger partial charge is 0.0540 e.